The van der Waals surface area contributed by atoms with Crippen LogP contribution in [0.25, 0.3) is 22.3 Å². The minimum absolute atomic E-state index is 0.335. The van der Waals surface area contributed by atoms with E-state index >= 15 is 0 Å². The Labute approximate surface area is 197 Å². The number of nitrogens with one attached hydrogen (secondary N) is 1. The predicted octanol–water partition coefficient (Wildman–Crippen LogP) is 5.35. The first-order valence-corrected chi connectivity index (χ1v) is 12.1. The minimum Gasteiger partial charge on any atom is -0.353 e. The fourth-order valence-electron chi connectivity index (χ4n) is 5.44. The minimum atomic E-state index is 0.335. The second-order valence-electron chi connectivity index (χ2n) is 10.00. The Balaban J connectivity index is 1.83. The third-order valence-electron chi connectivity index (χ3n) is 7.53. The molecule has 0 bridgehead atoms. The lowest BCUT2D eigenvalue weighted by molar-refractivity contribution is 0.215. The molecule has 1 aliphatic rings. The zero-order valence-electron chi connectivity index (χ0n) is 21.2. The maximum absolute atomic E-state index is 5.26. The van der Waals surface area contributed by atoms with E-state index in [1.807, 2.05) is 6.20 Å². The summed E-state index contributed by atoms with van der Waals surface area (Å²) in [7, 11) is 6.19. The van der Waals surface area contributed by atoms with Crippen molar-refractivity contribution in [1.29, 1.82) is 0 Å². The van der Waals surface area contributed by atoms with Crippen molar-refractivity contribution in [2.75, 3.05) is 21.1 Å². The lowest BCUT2D eigenvalue weighted by Gasteiger charge is -2.32. The number of rotatable bonds is 5. The summed E-state index contributed by atoms with van der Waals surface area (Å²) >= 11 is 0. The molecule has 33 heavy (non-hydrogen) atoms. The molecule has 0 radical (unpaired) electrons. The zero-order valence-corrected chi connectivity index (χ0v) is 21.2. The Morgan fingerprint density at radius 1 is 1.12 bits per heavy atom. The molecule has 3 heterocycles. The fourth-order valence-corrected chi connectivity index (χ4v) is 5.44. The van der Waals surface area contributed by atoms with Gasteiger partial charge in [0.1, 0.15) is 0 Å². The Hall–Kier alpha value is -2.73. The van der Waals surface area contributed by atoms with E-state index in [-0.39, 0.29) is 0 Å². The third kappa shape index (κ3) is 4.17. The summed E-state index contributed by atoms with van der Waals surface area (Å²) < 4.78 is 1.77. The smallest absolute Gasteiger partial charge is 0.151 e. The van der Waals surface area contributed by atoms with Crippen LogP contribution >= 0.6 is 0 Å². The van der Waals surface area contributed by atoms with Crippen LogP contribution in [0.3, 0.4) is 0 Å². The van der Waals surface area contributed by atoms with Crippen LogP contribution in [0.1, 0.15) is 73.8 Å². The predicted molar refractivity (Wildman–Crippen MR) is 138 cm³/mol. The highest BCUT2D eigenvalue weighted by molar-refractivity contribution is 5.89. The molecule has 0 aliphatic heterocycles. The van der Waals surface area contributed by atoms with Gasteiger partial charge < -0.3 is 9.88 Å². The molecule has 6 heteroatoms. The highest BCUT2D eigenvalue weighted by atomic mass is 15.3. The van der Waals surface area contributed by atoms with Gasteiger partial charge in [-0.3, -0.25) is 9.98 Å². The Bertz CT molecular complexity index is 1240. The van der Waals surface area contributed by atoms with Crippen molar-refractivity contribution in [2.24, 2.45) is 10.1 Å². The number of pyridine rings is 2. The molecular weight excluding hydrogens is 408 g/mol. The Morgan fingerprint density at radius 3 is 2.39 bits per heavy atom. The molecular formula is C27H38N6. The van der Waals surface area contributed by atoms with E-state index in [2.05, 4.69) is 80.6 Å². The number of hydrogen-bond acceptors (Lipinski definition) is 4. The van der Waals surface area contributed by atoms with Gasteiger partial charge in [-0.05, 0) is 82.8 Å². The van der Waals surface area contributed by atoms with E-state index in [0.717, 1.165) is 33.3 Å². The quantitative estimate of drug-likeness (QED) is 0.537. The molecule has 0 unspecified atom stereocenters. The normalized spacial score (nSPS) is 19.7. The molecule has 1 aliphatic carbocycles. The van der Waals surface area contributed by atoms with E-state index in [4.69, 9.17) is 4.98 Å². The van der Waals surface area contributed by atoms with Gasteiger partial charge in [-0.15, -0.1) is 0 Å². The fraction of sp³-hybridized carbons (Fsp3) is 0.519. The molecule has 0 atom stereocenters. The van der Waals surface area contributed by atoms with Crippen molar-refractivity contribution in [3.8, 4) is 11.3 Å². The van der Waals surface area contributed by atoms with E-state index in [1.54, 1.807) is 11.7 Å². The van der Waals surface area contributed by atoms with Gasteiger partial charge in [0.2, 0.25) is 0 Å². The van der Waals surface area contributed by atoms with Crippen molar-refractivity contribution >= 4 is 17.8 Å². The van der Waals surface area contributed by atoms with Crippen LogP contribution in [-0.2, 0) is 0 Å². The topological polar surface area (TPSA) is 61.6 Å². The first-order valence-electron chi connectivity index (χ1n) is 12.1. The zero-order chi connectivity index (χ0) is 23.9. The van der Waals surface area contributed by atoms with Gasteiger partial charge in [0.05, 0.1) is 16.7 Å². The lowest BCUT2D eigenvalue weighted by Crippen LogP contribution is -2.31. The van der Waals surface area contributed by atoms with Gasteiger partial charge in [-0.1, -0.05) is 13.8 Å². The summed E-state index contributed by atoms with van der Waals surface area (Å²) in [5, 5.41) is 4.19. The molecule has 0 saturated heterocycles. The number of fused-ring (bicyclic) bond motifs is 1. The molecule has 3 aromatic heterocycles. The Morgan fingerprint density at radius 2 is 1.82 bits per heavy atom. The van der Waals surface area contributed by atoms with Gasteiger partial charge in [0, 0.05) is 48.7 Å². The van der Waals surface area contributed by atoms with Gasteiger partial charge in [0.25, 0.3) is 0 Å². The second-order valence-corrected chi connectivity index (χ2v) is 10.00. The second kappa shape index (κ2) is 9.26. The van der Waals surface area contributed by atoms with E-state index < -0.39 is 0 Å². The average Bonchev–Trinajstić information content (AvgIpc) is 3.19. The van der Waals surface area contributed by atoms with Gasteiger partial charge >= 0.3 is 0 Å². The van der Waals surface area contributed by atoms with Crippen molar-refractivity contribution in [3.05, 3.63) is 46.2 Å². The maximum atomic E-state index is 5.26. The number of hydrogen-bond donors (Lipinski definition) is 1. The SMILES string of the molecule is C=Nn1cc(-c2[nH]c3ccc(C4CCC(N(C)C)CC4)nc3c2C(C)C)c(C)c(C)c1=NC. The molecule has 0 spiro atoms. The Kier molecular flexibility index (Phi) is 6.57. The van der Waals surface area contributed by atoms with Crippen molar-refractivity contribution in [2.45, 2.75) is 71.3 Å². The maximum Gasteiger partial charge on any atom is 0.151 e. The van der Waals surface area contributed by atoms with Gasteiger partial charge in [-0.2, -0.15) is 5.10 Å². The molecule has 1 fully saturated rings. The summed E-state index contributed by atoms with van der Waals surface area (Å²) in [5.41, 5.74) is 10.1. The standard InChI is InChI=1S/C27H38N6/c1-16(2)24-25(21-15-33(29-6)27(28-5)18(4)17(21)3)31-23-14-13-22(30-26(23)24)19-9-11-20(12-10-19)32(7)8/h13-16,19-20,31H,6,9-12H2,1-5,7-8H3. The number of aromatic amines is 1. The summed E-state index contributed by atoms with van der Waals surface area (Å²) in [5.74, 6) is 0.881. The van der Waals surface area contributed by atoms with Crippen molar-refractivity contribution < 1.29 is 0 Å². The van der Waals surface area contributed by atoms with Crippen LogP contribution in [0.15, 0.2) is 28.4 Å². The summed E-state index contributed by atoms with van der Waals surface area (Å²) in [6.07, 6.45) is 6.95. The van der Waals surface area contributed by atoms with Crippen LogP contribution in [-0.4, -0.2) is 53.4 Å². The molecule has 0 aromatic carbocycles. The molecule has 3 aromatic rings. The lowest BCUT2D eigenvalue weighted by atomic mass is 9.83. The van der Waals surface area contributed by atoms with Crippen LogP contribution in [0.2, 0.25) is 0 Å². The van der Waals surface area contributed by atoms with Crippen LogP contribution in [0.4, 0.5) is 0 Å². The highest BCUT2D eigenvalue weighted by Crippen LogP contribution is 2.39. The first-order chi connectivity index (χ1) is 15.8. The average molecular weight is 447 g/mol. The van der Waals surface area contributed by atoms with Gasteiger partial charge in [-0.25, -0.2) is 4.68 Å². The largest absolute Gasteiger partial charge is 0.353 e. The third-order valence-corrected chi connectivity index (χ3v) is 7.53. The van der Waals surface area contributed by atoms with E-state index in [0.29, 0.717) is 17.9 Å². The monoisotopic (exact) mass is 446 g/mol. The van der Waals surface area contributed by atoms with Gasteiger partial charge in [0.15, 0.2) is 5.49 Å². The number of nitrogens with zero attached hydrogens (tertiary/aromatic N) is 5. The van der Waals surface area contributed by atoms with Crippen LogP contribution in [0.5, 0.6) is 0 Å². The van der Waals surface area contributed by atoms with Crippen molar-refractivity contribution in [3.63, 3.8) is 0 Å². The molecule has 0 amide bonds. The van der Waals surface area contributed by atoms with E-state index in [1.165, 1.54) is 42.5 Å². The molecule has 4 rings (SSSR count). The molecule has 1 saturated carbocycles. The molecule has 6 nitrogen and oxygen atoms in total. The summed E-state index contributed by atoms with van der Waals surface area (Å²) in [6.45, 7) is 12.5. The summed E-state index contributed by atoms with van der Waals surface area (Å²) in [6, 6.07) is 5.16. The first kappa shape index (κ1) is 23.4. The molecule has 176 valence electrons. The van der Waals surface area contributed by atoms with Crippen LogP contribution in [0, 0.1) is 13.8 Å². The number of H-pyrrole nitrogens is 1. The van der Waals surface area contributed by atoms with Crippen molar-refractivity contribution in [1.82, 2.24) is 19.5 Å². The van der Waals surface area contributed by atoms with Crippen LogP contribution < -0.4 is 5.49 Å². The van der Waals surface area contributed by atoms with E-state index in [9.17, 15) is 0 Å². The molecule has 1 N–H and O–H groups in total. The highest BCUT2D eigenvalue weighted by Gasteiger charge is 2.26. The number of aromatic nitrogens is 3. The summed E-state index contributed by atoms with van der Waals surface area (Å²) in [4.78, 5) is 15.7.